The number of benzene rings is 3. The van der Waals surface area contributed by atoms with E-state index in [1.165, 1.54) is 17.7 Å². The maximum Gasteiger partial charge on any atom is 0.166 e. The molecule has 0 saturated heterocycles. The second-order valence-corrected chi connectivity index (χ2v) is 11.3. The highest BCUT2D eigenvalue weighted by atomic mass is 32.1. The van der Waals surface area contributed by atoms with Gasteiger partial charge in [0.2, 0.25) is 0 Å². The fourth-order valence-electron chi connectivity index (χ4n) is 4.76. The lowest BCUT2D eigenvalue weighted by Crippen LogP contribution is -2.17. The van der Waals surface area contributed by atoms with Crippen LogP contribution < -0.4 is 10.1 Å². The number of aromatic nitrogens is 1. The Bertz CT molecular complexity index is 1670. The lowest BCUT2D eigenvalue weighted by atomic mass is 10.0. The van der Waals surface area contributed by atoms with E-state index in [-0.39, 0.29) is 36.6 Å². The third-order valence-electron chi connectivity index (χ3n) is 6.89. The molecule has 0 aliphatic rings. The summed E-state index contributed by atoms with van der Waals surface area (Å²) in [6.45, 7) is 4.15. The van der Waals surface area contributed by atoms with Crippen LogP contribution in [0.4, 0.5) is 4.39 Å². The van der Waals surface area contributed by atoms with E-state index >= 15 is 4.39 Å². The van der Waals surface area contributed by atoms with Gasteiger partial charge < -0.3 is 10.1 Å². The van der Waals surface area contributed by atoms with Crippen molar-refractivity contribution in [1.29, 1.82) is 0 Å². The Hall–Kier alpha value is -4.20. The first kappa shape index (κ1) is 29.3. The van der Waals surface area contributed by atoms with Gasteiger partial charge in [0.05, 0.1) is 16.6 Å². The zero-order valence-electron chi connectivity index (χ0n) is 23.6. The summed E-state index contributed by atoms with van der Waals surface area (Å²) in [5.74, 6) is -0.382. The number of carbonyl (C=O) groups excluding carboxylic acids is 2. The van der Waals surface area contributed by atoms with E-state index in [9.17, 15) is 9.59 Å². The van der Waals surface area contributed by atoms with Crippen LogP contribution in [0.2, 0.25) is 0 Å². The van der Waals surface area contributed by atoms with Crippen LogP contribution in [0, 0.1) is 5.82 Å². The summed E-state index contributed by atoms with van der Waals surface area (Å²) in [7, 11) is 0. The molecule has 5 rings (SSSR count). The molecule has 0 bridgehead atoms. The quantitative estimate of drug-likeness (QED) is 0.107. The van der Waals surface area contributed by atoms with E-state index in [0.717, 1.165) is 52.2 Å². The highest BCUT2D eigenvalue weighted by molar-refractivity contribution is 7.22. The van der Waals surface area contributed by atoms with Crippen molar-refractivity contribution in [2.75, 3.05) is 13.1 Å². The van der Waals surface area contributed by atoms with Crippen LogP contribution in [0.15, 0.2) is 91.1 Å². The molecule has 7 heteroatoms. The molecule has 0 amide bonds. The van der Waals surface area contributed by atoms with Gasteiger partial charge >= 0.3 is 0 Å². The lowest BCUT2D eigenvalue weighted by Gasteiger charge is -2.09. The molecule has 2 aromatic heterocycles. The van der Waals surface area contributed by atoms with E-state index in [1.54, 1.807) is 29.7 Å². The van der Waals surface area contributed by atoms with Gasteiger partial charge in [-0.15, -0.1) is 11.3 Å². The molecule has 5 nitrogen and oxygen atoms in total. The second kappa shape index (κ2) is 14.1. The minimum atomic E-state index is -0.568. The molecule has 0 atom stereocenters. The smallest absolute Gasteiger partial charge is 0.166 e. The van der Waals surface area contributed by atoms with Crippen LogP contribution in [0.3, 0.4) is 0 Å². The van der Waals surface area contributed by atoms with Crippen LogP contribution in [-0.2, 0) is 28.9 Å². The summed E-state index contributed by atoms with van der Waals surface area (Å²) in [6, 6.07) is 26.1. The molecule has 42 heavy (non-hydrogen) atoms. The highest BCUT2D eigenvalue weighted by Gasteiger charge is 2.15. The Morgan fingerprint density at radius 2 is 1.57 bits per heavy atom. The van der Waals surface area contributed by atoms with Gasteiger partial charge in [0, 0.05) is 30.0 Å². The van der Waals surface area contributed by atoms with Crippen molar-refractivity contribution in [3.8, 4) is 21.9 Å². The Balaban J connectivity index is 1.23. The highest BCUT2D eigenvalue weighted by Crippen LogP contribution is 2.39. The van der Waals surface area contributed by atoms with E-state index in [2.05, 4.69) is 41.5 Å². The molecule has 5 aromatic rings. The van der Waals surface area contributed by atoms with E-state index < -0.39 is 5.82 Å². The van der Waals surface area contributed by atoms with Crippen molar-refractivity contribution in [2.45, 2.75) is 39.0 Å². The number of fused-ring (bicyclic) bond motifs is 1. The molecule has 2 heterocycles. The number of ether oxygens (including phenoxy) is 1. The average Bonchev–Trinajstić information content (AvgIpc) is 3.43. The summed E-state index contributed by atoms with van der Waals surface area (Å²) in [5, 5.41) is 3.43. The molecular weight excluding hydrogens is 547 g/mol. The fraction of sp³-hybridized carbons (Fsp3) is 0.229. The number of rotatable bonds is 14. The van der Waals surface area contributed by atoms with Crippen molar-refractivity contribution in [1.82, 2.24) is 10.3 Å². The van der Waals surface area contributed by atoms with Gasteiger partial charge in [0.25, 0.3) is 0 Å². The van der Waals surface area contributed by atoms with Gasteiger partial charge in [-0.3, -0.25) is 14.6 Å². The zero-order valence-corrected chi connectivity index (χ0v) is 24.4. The molecule has 0 saturated carbocycles. The summed E-state index contributed by atoms with van der Waals surface area (Å²) in [4.78, 5) is 30.3. The van der Waals surface area contributed by atoms with Crippen molar-refractivity contribution < 1.29 is 18.7 Å². The van der Waals surface area contributed by atoms with Gasteiger partial charge in [0.15, 0.2) is 11.6 Å². The molecule has 0 radical (unpaired) electrons. The van der Waals surface area contributed by atoms with Gasteiger partial charge in [-0.2, -0.15) is 0 Å². The first-order valence-electron chi connectivity index (χ1n) is 14.2. The summed E-state index contributed by atoms with van der Waals surface area (Å²) in [5.41, 5.74) is 4.53. The Labute approximate surface area is 249 Å². The van der Waals surface area contributed by atoms with E-state index in [4.69, 9.17) is 4.74 Å². The molecule has 0 spiro atoms. The largest absolute Gasteiger partial charge is 0.453 e. The van der Waals surface area contributed by atoms with Crippen molar-refractivity contribution in [3.05, 3.63) is 114 Å². The van der Waals surface area contributed by atoms with Crippen molar-refractivity contribution >= 4 is 33.1 Å². The molecule has 1 N–H and O–H groups in total. The molecule has 0 aliphatic carbocycles. The Kier molecular flexibility index (Phi) is 9.85. The topological polar surface area (TPSA) is 68.3 Å². The van der Waals surface area contributed by atoms with Crippen LogP contribution in [0.1, 0.15) is 36.5 Å². The Morgan fingerprint density at radius 1 is 0.833 bits per heavy atom. The molecule has 0 aliphatic heterocycles. The van der Waals surface area contributed by atoms with Gasteiger partial charge in [-0.1, -0.05) is 67.6 Å². The molecule has 0 fully saturated rings. The number of nitrogens with zero attached hydrogens (tertiary/aromatic N) is 1. The third kappa shape index (κ3) is 7.75. The number of thiophene rings is 1. The predicted molar refractivity (Wildman–Crippen MR) is 167 cm³/mol. The first-order valence-corrected chi connectivity index (χ1v) is 15.0. The molecule has 3 aromatic carbocycles. The maximum atomic E-state index is 15.1. The second-order valence-electron chi connectivity index (χ2n) is 10.3. The summed E-state index contributed by atoms with van der Waals surface area (Å²) in [6.07, 6.45) is 3.78. The van der Waals surface area contributed by atoms with Crippen molar-refractivity contribution in [3.63, 3.8) is 0 Å². The number of hydrogen-bond acceptors (Lipinski definition) is 6. The van der Waals surface area contributed by atoms with Crippen LogP contribution in [0.5, 0.6) is 11.5 Å². The van der Waals surface area contributed by atoms with Crippen LogP contribution in [0.25, 0.3) is 20.7 Å². The normalized spacial score (nSPS) is 11.1. The molecule has 214 valence electrons. The van der Waals surface area contributed by atoms with E-state index in [0.29, 0.717) is 11.3 Å². The number of hydrogen-bond donors (Lipinski definition) is 1. The maximum absolute atomic E-state index is 15.1. The SMILES string of the molecule is CCCNCCc1ccc(-c2cc3nccc(Oc4ccc(CC(=O)CC(=O)Cc5ccccc5)cc4F)c3s2)cc1. The lowest BCUT2D eigenvalue weighted by molar-refractivity contribution is -0.126. The van der Waals surface area contributed by atoms with Crippen molar-refractivity contribution in [2.24, 2.45) is 0 Å². The minimum absolute atomic E-state index is 0.0143. The predicted octanol–water partition coefficient (Wildman–Crippen LogP) is 7.75. The summed E-state index contributed by atoms with van der Waals surface area (Å²) >= 11 is 1.55. The molecular formula is C35H33FN2O3S. The number of nitrogens with one attached hydrogen (secondary N) is 1. The summed E-state index contributed by atoms with van der Waals surface area (Å²) < 4.78 is 21.9. The number of pyridine rings is 1. The third-order valence-corrected chi connectivity index (χ3v) is 8.08. The standard InChI is InChI=1S/C35H33FN2O3S/c1-2-16-37-17-14-24-8-11-27(12-9-24)34-23-31-35(42-34)33(15-18-38-31)41-32-13-10-26(21-30(32)36)20-29(40)22-28(39)19-25-6-4-3-5-7-25/h3-13,15,18,21,23,37H,2,14,16-17,19-20,22H2,1H3. The van der Waals surface area contributed by atoms with E-state index in [1.807, 2.05) is 36.4 Å². The first-order chi connectivity index (χ1) is 20.5. The van der Waals surface area contributed by atoms with Gasteiger partial charge in [-0.05, 0) is 66.4 Å². The van der Waals surface area contributed by atoms with Gasteiger partial charge in [-0.25, -0.2) is 4.39 Å². The van der Waals surface area contributed by atoms with Crippen LogP contribution in [-0.4, -0.2) is 29.6 Å². The van der Waals surface area contributed by atoms with Gasteiger partial charge in [0.1, 0.15) is 17.3 Å². The fourth-order valence-corrected chi connectivity index (χ4v) is 5.83. The molecule has 0 unspecified atom stereocenters. The Morgan fingerprint density at radius 3 is 2.31 bits per heavy atom. The van der Waals surface area contributed by atoms with Crippen LogP contribution >= 0.6 is 11.3 Å². The number of ketones is 2. The number of halogens is 1. The monoisotopic (exact) mass is 580 g/mol. The zero-order chi connectivity index (χ0) is 29.3. The average molecular weight is 581 g/mol. The number of carbonyl (C=O) groups is 2. The minimum Gasteiger partial charge on any atom is -0.453 e. The number of Topliss-reactive ketones (excluding diaryl/α,β-unsaturated/α-hetero) is 2.